The maximum atomic E-state index is 11.4. The number of anilines is 1. The van der Waals surface area contributed by atoms with Crippen molar-refractivity contribution < 1.29 is 14.3 Å². The summed E-state index contributed by atoms with van der Waals surface area (Å²) < 4.78 is 4.86. The molecular formula is C13H16ClNO3. The summed E-state index contributed by atoms with van der Waals surface area (Å²) in [6.45, 7) is 2.10. The third-order valence-corrected chi connectivity index (χ3v) is 2.48. The van der Waals surface area contributed by atoms with Crippen LogP contribution in [0.4, 0.5) is 5.69 Å². The number of ether oxygens (including phenoxy) is 1. The number of esters is 1. The summed E-state index contributed by atoms with van der Waals surface area (Å²) >= 11 is 5.50. The molecule has 98 valence electrons. The summed E-state index contributed by atoms with van der Waals surface area (Å²) in [6.07, 6.45) is 1.04. The van der Waals surface area contributed by atoms with Gasteiger partial charge in [0, 0.05) is 18.0 Å². The third-order valence-electron chi connectivity index (χ3n) is 2.22. The van der Waals surface area contributed by atoms with E-state index < -0.39 is 0 Å². The topological polar surface area (TPSA) is 55.4 Å². The molecule has 1 rings (SSSR count). The Hall–Kier alpha value is -1.55. The first kappa shape index (κ1) is 14.5. The Morgan fingerprint density at radius 3 is 2.50 bits per heavy atom. The fourth-order valence-electron chi connectivity index (χ4n) is 1.35. The molecule has 1 amide bonds. The minimum Gasteiger partial charge on any atom is -0.462 e. The summed E-state index contributed by atoms with van der Waals surface area (Å²) in [5, 5.41) is 2.73. The van der Waals surface area contributed by atoms with Gasteiger partial charge in [-0.05, 0) is 37.6 Å². The lowest BCUT2D eigenvalue weighted by atomic mass is 10.2. The lowest BCUT2D eigenvalue weighted by molar-refractivity contribution is -0.116. The molecule has 5 heteroatoms. The number of nitrogens with one attached hydrogen (secondary N) is 1. The van der Waals surface area contributed by atoms with E-state index in [9.17, 15) is 9.59 Å². The summed E-state index contributed by atoms with van der Waals surface area (Å²) in [5.41, 5.74) is 1.12. The average Bonchev–Trinajstić information content (AvgIpc) is 2.37. The summed E-state index contributed by atoms with van der Waals surface area (Å²) in [5.74, 6) is 0.0203. The number of benzene rings is 1. The molecule has 1 aromatic rings. The second-order valence-electron chi connectivity index (χ2n) is 3.64. The fourth-order valence-corrected chi connectivity index (χ4v) is 1.49. The van der Waals surface area contributed by atoms with E-state index in [0.29, 0.717) is 36.6 Å². The average molecular weight is 270 g/mol. The molecule has 0 unspecified atom stereocenters. The van der Waals surface area contributed by atoms with Crippen molar-refractivity contribution in [3.63, 3.8) is 0 Å². The van der Waals surface area contributed by atoms with E-state index in [0.717, 1.165) is 0 Å². The number of carbonyl (C=O) groups is 2. The molecule has 0 saturated carbocycles. The van der Waals surface area contributed by atoms with Crippen molar-refractivity contribution in [2.45, 2.75) is 19.8 Å². The van der Waals surface area contributed by atoms with Crippen LogP contribution in [0, 0.1) is 0 Å². The van der Waals surface area contributed by atoms with E-state index >= 15 is 0 Å². The Morgan fingerprint density at radius 2 is 1.94 bits per heavy atom. The largest absolute Gasteiger partial charge is 0.462 e. The molecular weight excluding hydrogens is 254 g/mol. The lowest BCUT2D eigenvalue weighted by Gasteiger charge is -2.06. The van der Waals surface area contributed by atoms with Crippen molar-refractivity contribution in [2.75, 3.05) is 17.8 Å². The van der Waals surface area contributed by atoms with Crippen molar-refractivity contribution in [3.8, 4) is 0 Å². The summed E-state index contributed by atoms with van der Waals surface area (Å²) in [7, 11) is 0. The van der Waals surface area contributed by atoms with E-state index in [-0.39, 0.29) is 11.9 Å². The zero-order chi connectivity index (χ0) is 13.4. The molecule has 4 nitrogen and oxygen atoms in total. The number of halogens is 1. The standard InChI is InChI=1S/C13H16ClNO3/c1-2-18-13(17)10-5-7-11(8-6-10)15-12(16)4-3-9-14/h5-8H,2-4,9H2,1H3,(H,15,16). The molecule has 1 N–H and O–H groups in total. The Labute approximate surface area is 111 Å². The van der Waals surface area contributed by atoms with E-state index in [1.54, 1.807) is 31.2 Å². The quantitative estimate of drug-likeness (QED) is 0.638. The number of rotatable bonds is 6. The van der Waals surface area contributed by atoms with Gasteiger partial charge in [0.1, 0.15) is 0 Å². The van der Waals surface area contributed by atoms with Crippen molar-refractivity contribution in [2.24, 2.45) is 0 Å². The first-order valence-electron chi connectivity index (χ1n) is 5.80. The van der Waals surface area contributed by atoms with Gasteiger partial charge in [0.25, 0.3) is 0 Å². The monoisotopic (exact) mass is 269 g/mol. The maximum absolute atomic E-state index is 11.4. The van der Waals surface area contributed by atoms with Gasteiger partial charge in [-0.1, -0.05) is 0 Å². The predicted octanol–water partition coefficient (Wildman–Crippen LogP) is 2.82. The third kappa shape index (κ3) is 4.75. The van der Waals surface area contributed by atoms with Crippen LogP contribution in [0.3, 0.4) is 0 Å². The Bertz CT molecular complexity index is 403. The Balaban J connectivity index is 2.55. The molecule has 0 aliphatic rings. The van der Waals surface area contributed by atoms with Gasteiger partial charge in [0.15, 0.2) is 0 Å². The van der Waals surface area contributed by atoms with Crippen LogP contribution in [-0.4, -0.2) is 24.4 Å². The SMILES string of the molecule is CCOC(=O)c1ccc(NC(=O)CCCCl)cc1. The molecule has 18 heavy (non-hydrogen) atoms. The van der Waals surface area contributed by atoms with Gasteiger partial charge in [0.05, 0.1) is 12.2 Å². The molecule has 0 aliphatic carbocycles. The number of amides is 1. The second-order valence-corrected chi connectivity index (χ2v) is 4.02. The van der Waals surface area contributed by atoms with Crippen LogP contribution >= 0.6 is 11.6 Å². The van der Waals surface area contributed by atoms with Crippen LogP contribution in [0.5, 0.6) is 0 Å². The zero-order valence-corrected chi connectivity index (χ0v) is 11.0. The van der Waals surface area contributed by atoms with Gasteiger partial charge < -0.3 is 10.1 Å². The minimum atomic E-state index is -0.363. The highest BCUT2D eigenvalue weighted by Gasteiger charge is 2.06. The molecule has 0 spiro atoms. The summed E-state index contributed by atoms with van der Waals surface area (Å²) in [6, 6.07) is 6.58. The lowest BCUT2D eigenvalue weighted by Crippen LogP contribution is -2.11. The molecule has 0 fully saturated rings. The minimum absolute atomic E-state index is 0.0838. The molecule has 1 aromatic carbocycles. The Kier molecular flexibility index (Phi) is 6.22. The first-order chi connectivity index (χ1) is 8.67. The maximum Gasteiger partial charge on any atom is 0.338 e. The van der Waals surface area contributed by atoms with Crippen LogP contribution in [0.25, 0.3) is 0 Å². The van der Waals surface area contributed by atoms with Crippen molar-refractivity contribution in [1.82, 2.24) is 0 Å². The fraction of sp³-hybridized carbons (Fsp3) is 0.385. The number of alkyl halides is 1. The molecule has 0 heterocycles. The smallest absolute Gasteiger partial charge is 0.338 e. The van der Waals surface area contributed by atoms with Gasteiger partial charge in [0.2, 0.25) is 5.91 Å². The molecule has 0 aliphatic heterocycles. The van der Waals surface area contributed by atoms with Gasteiger partial charge in [-0.15, -0.1) is 11.6 Å². The highest BCUT2D eigenvalue weighted by Crippen LogP contribution is 2.11. The van der Waals surface area contributed by atoms with Crippen molar-refractivity contribution in [1.29, 1.82) is 0 Å². The summed E-state index contributed by atoms with van der Waals surface area (Å²) in [4.78, 5) is 22.8. The number of hydrogen-bond acceptors (Lipinski definition) is 3. The van der Waals surface area contributed by atoms with E-state index in [4.69, 9.17) is 16.3 Å². The second kappa shape index (κ2) is 7.71. The number of hydrogen-bond donors (Lipinski definition) is 1. The van der Waals surface area contributed by atoms with Crippen molar-refractivity contribution >= 4 is 29.2 Å². The number of carbonyl (C=O) groups excluding carboxylic acids is 2. The van der Waals surface area contributed by atoms with E-state index in [2.05, 4.69) is 5.32 Å². The van der Waals surface area contributed by atoms with Crippen LogP contribution < -0.4 is 5.32 Å². The van der Waals surface area contributed by atoms with Crippen LogP contribution in [0.2, 0.25) is 0 Å². The van der Waals surface area contributed by atoms with Crippen LogP contribution in [0.15, 0.2) is 24.3 Å². The normalized spacial score (nSPS) is 9.89. The van der Waals surface area contributed by atoms with Gasteiger partial charge in [-0.25, -0.2) is 4.79 Å². The predicted molar refractivity (Wildman–Crippen MR) is 71.0 cm³/mol. The molecule has 0 aromatic heterocycles. The van der Waals surface area contributed by atoms with Crippen LogP contribution in [-0.2, 0) is 9.53 Å². The van der Waals surface area contributed by atoms with Crippen molar-refractivity contribution in [3.05, 3.63) is 29.8 Å². The highest BCUT2D eigenvalue weighted by atomic mass is 35.5. The molecule has 0 radical (unpaired) electrons. The van der Waals surface area contributed by atoms with Gasteiger partial charge in [-0.2, -0.15) is 0 Å². The van der Waals surface area contributed by atoms with Gasteiger partial charge >= 0.3 is 5.97 Å². The van der Waals surface area contributed by atoms with Crippen LogP contribution in [0.1, 0.15) is 30.1 Å². The van der Waals surface area contributed by atoms with E-state index in [1.807, 2.05) is 0 Å². The Morgan fingerprint density at radius 1 is 1.28 bits per heavy atom. The zero-order valence-electron chi connectivity index (χ0n) is 10.2. The van der Waals surface area contributed by atoms with Gasteiger partial charge in [-0.3, -0.25) is 4.79 Å². The molecule has 0 atom stereocenters. The molecule has 0 bridgehead atoms. The first-order valence-corrected chi connectivity index (χ1v) is 6.33. The molecule has 0 saturated heterocycles. The van der Waals surface area contributed by atoms with E-state index in [1.165, 1.54) is 0 Å². The highest BCUT2D eigenvalue weighted by molar-refractivity contribution is 6.18.